The van der Waals surface area contributed by atoms with Gasteiger partial charge in [-0.2, -0.15) is 0 Å². The molecule has 2 rings (SSSR count). The molecular formula is C16H17BrFNO. The molecule has 2 N–H and O–H groups in total. The number of rotatable bonds is 4. The van der Waals surface area contributed by atoms with Crippen molar-refractivity contribution in [1.29, 1.82) is 0 Å². The van der Waals surface area contributed by atoms with Crippen LogP contribution in [0.25, 0.3) is 0 Å². The molecule has 20 heavy (non-hydrogen) atoms. The lowest BCUT2D eigenvalue weighted by Gasteiger charge is -2.24. The van der Waals surface area contributed by atoms with E-state index in [-0.39, 0.29) is 18.0 Å². The number of nitrogens with two attached hydrogens (primary N) is 1. The van der Waals surface area contributed by atoms with Crippen molar-refractivity contribution in [2.45, 2.75) is 26.0 Å². The average molecular weight is 338 g/mol. The van der Waals surface area contributed by atoms with Gasteiger partial charge in [-0.15, -0.1) is 0 Å². The van der Waals surface area contributed by atoms with Gasteiger partial charge in [-0.3, -0.25) is 0 Å². The van der Waals surface area contributed by atoms with Crippen LogP contribution in [0.15, 0.2) is 46.9 Å². The Kier molecular flexibility index (Phi) is 4.78. The van der Waals surface area contributed by atoms with E-state index in [2.05, 4.69) is 15.9 Å². The maximum Gasteiger partial charge on any atom is 0.139 e. The molecule has 2 aromatic carbocycles. The van der Waals surface area contributed by atoms with Crippen LogP contribution < -0.4 is 10.5 Å². The summed E-state index contributed by atoms with van der Waals surface area (Å²) in [7, 11) is 0. The molecule has 0 saturated heterocycles. The highest BCUT2D eigenvalue weighted by Gasteiger charge is 2.19. The zero-order chi connectivity index (χ0) is 14.7. The molecule has 2 aromatic rings. The molecule has 0 bridgehead atoms. The molecule has 0 saturated carbocycles. The second-order valence-corrected chi connectivity index (χ2v) is 5.74. The monoisotopic (exact) mass is 337 g/mol. The number of benzene rings is 2. The molecule has 0 heterocycles. The molecular weight excluding hydrogens is 321 g/mol. The Labute approximate surface area is 126 Å². The molecule has 0 amide bonds. The van der Waals surface area contributed by atoms with Crippen molar-refractivity contribution in [2.75, 3.05) is 0 Å². The molecule has 4 heteroatoms. The molecule has 0 aliphatic rings. The molecule has 0 aromatic heterocycles. The van der Waals surface area contributed by atoms with Gasteiger partial charge in [-0.1, -0.05) is 29.8 Å². The van der Waals surface area contributed by atoms with Crippen molar-refractivity contribution >= 4 is 15.9 Å². The van der Waals surface area contributed by atoms with Crippen molar-refractivity contribution in [3.63, 3.8) is 0 Å². The Morgan fingerprint density at radius 3 is 2.60 bits per heavy atom. The summed E-state index contributed by atoms with van der Waals surface area (Å²) in [5.74, 6) is 0.115. The van der Waals surface area contributed by atoms with E-state index in [1.165, 1.54) is 12.1 Å². The molecule has 106 valence electrons. The van der Waals surface area contributed by atoms with Crippen LogP contribution in [0.3, 0.4) is 0 Å². The number of ether oxygens (including phenoxy) is 1. The summed E-state index contributed by atoms with van der Waals surface area (Å²) >= 11 is 3.36. The normalized spacial score (nSPS) is 13.8. The molecule has 0 spiro atoms. The molecule has 0 fully saturated rings. The second-order valence-electron chi connectivity index (χ2n) is 4.89. The number of hydrogen-bond acceptors (Lipinski definition) is 2. The van der Waals surface area contributed by atoms with E-state index in [0.29, 0.717) is 10.2 Å². The first kappa shape index (κ1) is 15.0. The fourth-order valence-electron chi connectivity index (χ4n) is 2.03. The third kappa shape index (κ3) is 3.58. The third-order valence-corrected chi connectivity index (χ3v) is 3.65. The molecule has 2 nitrogen and oxygen atoms in total. The van der Waals surface area contributed by atoms with E-state index in [1.807, 2.05) is 38.1 Å². The second kappa shape index (κ2) is 6.37. The Morgan fingerprint density at radius 2 is 1.95 bits per heavy atom. The van der Waals surface area contributed by atoms with Crippen molar-refractivity contribution in [2.24, 2.45) is 5.73 Å². The van der Waals surface area contributed by atoms with Crippen molar-refractivity contribution in [1.82, 2.24) is 0 Å². The molecule has 0 aliphatic carbocycles. The van der Waals surface area contributed by atoms with Gasteiger partial charge in [-0.05, 0) is 47.5 Å². The maximum absolute atomic E-state index is 13.3. The number of hydrogen-bond donors (Lipinski definition) is 1. The zero-order valence-electron chi connectivity index (χ0n) is 11.4. The van der Waals surface area contributed by atoms with Crippen LogP contribution in [-0.2, 0) is 0 Å². The largest absolute Gasteiger partial charge is 0.483 e. The van der Waals surface area contributed by atoms with Gasteiger partial charge in [0.05, 0.1) is 4.47 Å². The van der Waals surface area contributed by atoms with Crippen molar-refractivity contribution < 1.29 is 9.13 Å². The first-order chi connectivity index (χ1) is 9.47. The van der Waals surface area contributed by atoms with Gasteiger partial charge in [0.15, 0.2) is 0 Å². The highest BCUT2D eigenvalue weighted by Crippen LogP contribution is 2.31. The lowest BCUT2D eigenvalue weighted by Crippen LogP contribution is -2.29. The third-order valence-electron chi connectivity index (χ3n) is 3.00. The fraction of sp³-hybridized carbons (Fsp3) is 0.250. The van der Waals surface area contributed by atoms with E-state index in [9.17, 15) is 4.39 Å². The minimum absolute atomic E-state index is 0.216. The standard InChI is InChI=1S/C16H17BrFNO/c1-10-4-3-5-12(8-10)16(11(2)19)20-15-9-13(18)6-7-14(15)17/h3-9,11,16H,19H2,1-2H3. The first-order valence-corrected chi connectivity index (χ1v) is 7.20. The quantitative estimate of drug-likeness (QED) is 0.899. The zero-order valence-corrected chi connectivity index (χ0v) is 13.0. The maximum atomic E-state index is 13.3. The smallest absolute Gasteiger partial charge is 0.139 e. The Hall–Kier alpha value is -1.39. The summed E-state index contributed by atoms with van der Waals surface area (Å²) in [5.41, 5.74) is 8.14. The minimum Gasteiger partial charge on any atom is -0.483 e. The Balaban J connectivity index is 2.33. The van der Waals surface area contributed by atoms with Gasteiger partial charge < -0.3 is 10.5 Å². The number of halogens is 2. The van der Waals surface area contributed by atoms with E-state index in [0.717, 1.165) is 11.1 Å². The van der Waals surface area contributed by atoms with E-state index < -0.39 is 0 Å². The van der Waals surface area contributed by atoms with Gasteiger partial charge in [-0.25, -0.2) is 4.39 Å². The summed E-state index contributed by atoms with van der Waals surface area (Å²) in [6.07, 6.45) is -0.326. The van der Waals surface area contributed by atoms with Gasteiger partial charge in [0.2, 0.25) is 0 Å². The highest BCUT2D eigenvalue weighted by molar-refractivity contribution is 9.10. The molecule has 0 radical (unpaired) electrons. The summed E-state index contributed by atoms with van der Waals surface area (Å²) in [4.78, 5) is 0. The predicted octanol–water partition coefficient (Wildman–Crippen LogP) is 4.36. The summed E-state index contributed by atoms with van der Waals surface area (Å²) in [5, 5.41) is 0. The van der Waals surface area contributed by atoms with E-state index in [4.69, 9.17) is 10.5 Å². The van der Waals surface area contributed by atoms with Crippen LogP contribution in [0.5, 0.6) is 5.75 Å². The van der Waals surface area contributed by atoms with Crippen LogP contribution >= 0.6 is 15.9 Å². The van der Waals surface area contributed by atoms with Crippen LogP contribution in [0.2, 0.25) is 0 Å². The number of aryl methyl sites for hydroxylation is 1. The molecule has 2 atom stereocenters. The predicted molar refractivity (Wildman–Crippen MR) is 82.3 cm³/mol. The highest BCUT2D eigenvalue weighted by atomic mass is 79.9. The van der Waals surface area contributed by atoms with Crippen LogP contribution in [-0.4, -0.2) is 6.04 Å². The van der Waals surface area contributed by atoms with Crippen LogP contribution in [0, 0.1) is 12.7 Å². The topological polar surface area (TPSA) is 35.2 Å². The van der Waals surface area contributed by atoms with Gasteiger partial charge >= 0.3 is 0 Å². The van der Waals surface area contributed by atoms with Crippen molar-refractivity contribution in [3.05, 3.63) is 63.9 Å². The summed E-state index contributed by atoms with van der Waals surface area (Å²) in [6, 6.07) is 12.1. The molecule has 2 unspecified atom stereocenters. The van der Waals surface area contributed by atoms with Crippen molar-refractivity contribution in [3.8, 4) is 5.75 Å². The Morgan fingerprint density at radius 1 is 1.20 bits per heavy atom. The fourth-order valence-corrected chi connectivity index (χ4v) is 2.37. The van der Waals surface area contributed by atoms with Gasteiger partial charge in [0.1, 0.15) is 17.7 Å². The Bertz CT molecular complexity index is 601. The van der Waals surface area contributed by atoms with E-state index >= 15 is 0 Å². The summed E-state index contributed by atoms with van der Waals surface area (Å²) in [6.45, 7) is 3.89. The lowest BCUT2D eigenvalue weighted by atomic mass is 10.0. The average Bonchev–Trinajstić information content (AvgIpc) is 2.39. The minimum atomic E-state index is -0.337. The lowest BCUT2D eigenvalue weighted by molar-refractivity contribution is 0.178. The summed E-state index contributed by atoms with van der Waals surface area (Å²) < 4.78 is 20.0. The molecule has 0 aliphatic heterocycles. The van der Waals surface area contributed by atoms with Crippen LogP contribution in [0.1, 0.15) is 24.2 Å². The SMILES string of the molecule is Cc1cccc(C(Oc2cc(F)ccc2Br)C(C)N)c1. The van der Waals surface area contributed by atoms with Crippen LogP contribution in [0.4, 0.5) is 4.39 Å². The van der Waals surface area contributed by atoms with Gasteiger partial charge in [0, 0.05) is 12.1 Å². The van der Waals surface area contributed by atoms with Gasteiger partial charge in [0.25, 0.3) is 0 Å². The van der Waals surface area contributed by atoms with E-state index in [1.54, 1.807) is 6.07 Å². The first-order valence-electron chi connectivity index (χ1n) is 6.41.